The zero-order chi connectivity index (χ0) is 15.6. The van der Waals surface area contributed by atoms with Gasteiger partial charge in [0, 0.05) is 11.3 Å². The summed E-state index contributed by atoms with van der Waals surface area (Å²) in [5.41, 5.74) is 4.93. The molecule has 2 aromatic carbocycles. The van der Waals surface area contributed by atoms with Crippen molar-refractivity contribution in [2.24, 2.45) is 0 Å². The molecule has 110 valence electrons. The van der Waals surface area contributed by atoms with Gasteiger partial charge in [-0.3, -0.25) is 4.79 Å². The van der Waals surface area contributed by atoms with Crippen molar-refractivity contribution in [1.29, 1.82) is 0 Å². The number of benzene rings is 2. The summed E-state index contributed by atoms with van der Waals surface area (Å²) in [7, 11) is 1.29. The van der Waals surface area contributed by atoms with Gasteiger partial charge in [0.2, 0.25) is 0 Å². The molecular weight excluding hydrogens is 283 g/mol. The first-order chi connectivity index (χ1) is 9.84. The molecule has 6 heteroatoms. The second-order valence-electron chi connectivity index (χ2n) is 4.33. The van der Waals surface area contributed by atoms with Crippen LogP contribution in [0, 0.1) is 0 Å². The molecule has 0 saturated carbocycles. The monoisotopic (exact) mass is 295 g/mol. The topological polar surface area (TPSA) is 52.3 Å². The smallest absolute Gasteiger partial charge is 0.416 e. The lowest BCUT2D eigenvalue weighted by Gasteiger charge is -2.13. The maximum absolute atomic E-state index is 12.8. The molecule has 0 atom stereocenters. The van der Waals surface area contributed by atoms with E-state index in [1.807, 2.05) is 0 Å². The summed E-state index contributed by atoms with van der Waals surface area (Å²) in [6.07, 6.45) is -4.54. The number of hydrogen-bond acceptors (Lipinski definition) is 3. The van der Waals surface area contributed by atoms with Gasteiger partial charge in [-0.05, 0) is 30.3 Å². The van der Waals surface area contributed by atoms with E-state index in [0.717, 1.165) is 18.2 Å². The summed E-state index contributed by atoms with van der Waals surface area (Å²) in [5, 5.41) is 0. The Morgan fingerprint density at radius 3 is 2.33 bits per heavy atom. The number of carbonyl (C=O) groups excluding carboxylic acids is 1. The van der Waals surface area contributed by atoms with Gasteiger partial charge < -0.3 is 10.5 Å². The Labute approximate surface area is 119 Å². The number of halogens is 3. The van der Waals surface area contributed by atoms with Gasteiger partial charge in [-0.1, -0.05) is 12.1 Å². The molecule has 0 radical (unpaired) electrons. The minimum Gasteiger partial charge on any atom is -0.496 e. The second kappa shape index (κ2) is 5.47. The Hall–Kier alpha value is -2.50. The molecule has 0 aliphatic carbocycles. The van der Waals surface area contributed by atoms with Gasteiger partial charge in [-0.25, -0.2) is 0 Å². The molecule has 0 aromatic heterocycles. The predicted octanol–water partition coefficient (Wildman–Crippen LogP) is 3.53. The lowest BCUT2D eigenvalue weighted by molar-refractivity contribution is -0.137. The average molecular weight is 295 g/mol. The Morgan fingerprint density at radius 1 is 1.10 bits per heavy atom. The van der Waals surface area contributed by atoms with Crippen molar-refractivity contribution in [3.05, 3.63) is 59.2 Å². The largest absolute Gasteiger partial charge is 0.496 e. The number of alkyl halides is 3. The number of methoxy groups -OCH3 is 1. The molecule has 0 heterocycles. The number of nitrogens with two attached hydrogens (primary N) is 1. The number of nitrogen functional groups attached to an aromatic ring is 1. The molecule has 0 unspecified atom stereocenters. The summed E-state index contributed by atoms with van der Waals surface area (Å²) < 4.78 is 43.3. The van der Waals surface area contributed by atoms with E-state index >= 15 is 0 Å². The van der Waals surface area contributed by atoms with Crippen LogP contribution >= 0.6 is 0 Å². The van der Waals surface area contributed by atoms with Crippen LogP contribution in [-0.2, 0) is 6.18 Å². The first-order valence-electron chi connectivity index (χ1n) is 5.99. The summed E-state index contributed by atoms with van der Waals surface area (Å²) in [6.45, 7) is 0. The minimum atomic E-state index is -4.54. The van der Waals surface area contributed by atoms with E-state index < -0.39 is 17.5 Å². The Kier molecular flexibility index (Phi) is 3.88. The van der Waals surface area contributed by atoms with Crippen molar-refractivity contribution >= 4 is 11.5 Å². The molecule has 3 nitrogen and oxygen atoms in total. The third-order valence-electron chi connectivity index (χ3n) is 2.98. The molecule has 0 aliphatic heterocycles. The summed E-state index contributed by atoms with van der Waals surface area (Å²) >= 11 is 0. The number of carbonyl (C=O) groups is 1. The van der Waals surface area contributed by atoms with Crippen LogP contribution in [0.5, 0.6) is 5.75 Å². The molecular formula is C15H12F3NO2. The van der Waals surface area contributed by atoms with Crippen molar-refractivity contribution < 1.29 is 22.7 Å². The second-order valence-corrected chi connectivity index (χ2v) is 4.33. The Balaban J connectivity index is 2.56. The van der Waals surface area contributed by atoms with E-state index in [0.29, 0.717) is 0 Å². The first-order valence-corrected chi connectivity index (χ1v) is 5.99. The molecule has 0 spiro atoms. The Bertz CT molecular complexity index is 681. The molecule has 21 heavy (non-hydrogen) atoms. The van der Waals surface area contributed by atoms with Crippen LogP contribution in [0.25, 0.3) is 0 Å². The van der Waals surface area contributed by atoms with E-state index in [-0.39, 0.29) is 22.6 Å². The highest BCUT2D eigenvalue weighted by molar-refractivity contribution is 6.13. The van der Waals surface area contributed by atoms with Crippen molar-refractivity contribution in [2.75, 3.05) is 12.8 Å². The molecule has 0 bridgehead atoms. The quantitative estimate of drug-likeness (QED) is 0.696. The van der Waals surface area contributed by atoms with Gasteiger partial charge in [0.1, 0.15) is 5.75 Å². The lowest BCUT2D eigenvalue weighted by Crippen LogP contribution is -2.11. The highest BCUT2D eigenvalue weighted by atomic mass is 19.4. The summed E-state index contributed by atoms with van der Waals surface area (Å²) in [5.74, 6) is -0.549. The molecule has 0 saturated heterocycles. The Morgan fingerprint density at radius 2 is 1.76 bits per heavy atom. The molecule has 2 N–H and O–H groups in total. The third kappa shape index (κ3) is 2.99. The highest BCUT2D eigenvalue weighted by Gasteiger charge is 2.32. The number of anilines is 1. The number of rotatable bonds is 3. The lowest BCUT2D eigenvalue weighted by atomic mass is 9.99. The van der Waals surface area contributed by atoms with E-state index in [9.17, 15) is 18.0 Å². The molecule has 0 aliphatic rings. The van der Waals surface area contributed by atoms with Crippen molar-refractivity contribution in [3.8, 4) is 5.75 Å². The van der Waals surface area contributed by atoms with Crippen molar-refractivity contribution in [2.45, 2.75) is 6.18 Å². The maximum atomic E-state index is 12.8. The van der Waals surface area contributed by atoms with Crippen LogP contribution < -0.4 is 10.5 Å². The minimum absolute atomic E-state index is 0.0660. The van der Waals surface area contributed by atoms with Crippen LogP contribution in [0.3, 0.4) is 0 Å². The molecule has 2 rings (SSSR count). The van der Waals surface area contributed by atoms with Crippen molar-refractivity contribution in [3.63, 3.8) is 0 Å². The van der Waals surface area contributed by atoms with E-state index in [1.165, 1.54) is 19.2 Å². The predicted molar refractivity (Wildman–Crippen MR) is 72.3 cm³/mol. The van der Waals surface area contributed by atoms with Crippen LogP contribution in [0.15, 0.2) is 42.5 Å². The van der Waals surface area contributed by atoms with Gasteiger partial charge >= 0.3 is 6.18 Å². The zero-order valence-electron chi connectivity index (χ0n) is 11.1. The highest BCUT2D eigenvalue weighted by Crippen LogP contribution is 2.33. The standard InChI is InChI=1S/C15H12F3NO2/c1-21-13-7-6-9(15(16,17)18)8-11(13)14(20)10-4-2-3-5-12(10)19/h2-8H,19H2,1H3. The summed E-state index contributed by atoms with van der Waals surface area (Å²) in [6, 6.07) is 8.94. The SMILES string of the molecule is COc1ccc(C(F)(F)F)cc1C(=O)c1ccccc1N. The zero-order valence-corrected chi connectivity index (χ0v) is 11.1. The van der Waals surface area contributed by atoms with Crippen molar-refractivity contribution in [1.82, 2.24) is 0 Å². The molecule has 0 fully saturated rings. The molecule has 2 aromatic rings. The van der Waals surface area contributed by atoms with Crippen LogP contribution in [-0.4, -0.2) is 12.9 Å². The fraction of sp³-hybridized carbons (Fsp3) is 0.133. The number of ether oxygens (including phenoxy) is 1. The number of ketones is 1. The van der Waals surface area contributed by atoms with Gasteiger partial charge in [-0.15, -0.1) is 0 Å². The summed E-state index contributed by atoms with van der Waals surface area (Å²) in [4.78, 5) is 12.4. The number of hydrogen-bond donors (Lipinski definition) is 1. The van der Waals surface area contributed by atoms with Crippen LogP contribution in [0.1, 0.15) is 21.5 Å². The first kappa shape index (κ1) is 14.9. The number of para-hydroxylation sites is 1. The third-order valence-corrected chi connectivity index (χ3v) is 2.98. The fourth-order valence-electron chi connectivity index (χ4n) is 1.91. The van der Waals surface area contributed by atoms with Crippen LogP contribution in [0.2, 0.25) is 0 Å². The van der Waals surface area contributed by atoms with Gasteiger partial charge in [0.15, 0.2) is 5.78 Å². The van der Waals surface area contributed by atoms with Gasteiger partial charge in [0.05, 0.1) is 18.2 Å². The van der Waals surface area contributed by atoms with E-state index in [1.54, 1.807) is 12.1 Å². The average Bonchev–Trinajstić information content (AvgIpc) is 2.45. The van der Waals surface area contributed by atoms with E-state index in [2.05, 4.69) is 0 Å². The maximum Gasteiger partial charge on any atom is 0.416 e. The molecule has 0 amide bonds. The van der Waals surface area contributed by atoms with Gasteiger partial charge in [-0.2, -0.15) is 13.2 Å². The van der Waals surface area contributed by atoms with E-state index in [4.69, 9.17) is 10.5 Å². The van der Waals surface area contributed by atoms with Crippen LogP contribution in [0.4, 0.5) is 18.9 Å². The fourth-order valence-corrected chi connectivity index (χ4v) is 1.91. The normalized spacial score (nSPS) is 11.2. The van der Waals surface area contributed by atoms with Gasteiger partial charge in [0.25, 0.3) is 0 Å².